The standard InChI is InChI=1S/C14H9N2O.C5H8O2.Ir/c1-15-9-16-10-5-2-3-7-12(10)17-13-8-4-6-11(15)14(13)16;1-4(6)3-5(2)7;/h2-4,6-8H,1H3;3,6H,1-2H3;/q+1;;/b;4-3-;. The first kappa shape index (κ1) is 18.8. The molecule has 0 bridgehead atoms. The molecule has 0 amide bonds. The fourth-order valence-electron chi connectivity index (χ4n) is 2.59. The molecule has 0 saturated heterocycles. The molecule has 25 heavy (non-hydrogen) atoms. The van der Waals surface area contributed by atoms with Crippen molar-refractivity contribution in [2.45, 2.75) is 13.8 Å². The first-order valence-electron chi connectivity index (χ1n) is 7.47. The molecule has 0 unspecified atom stereocenters. The van der Waals surface area contributed by atoms with Crippen LogP contribution in [-0.2, 0) is 24.9 Å². The second-order valence-corrected chi connectivity index (χ2v) is 5.50. The average molecular weight is 514 g/mol. The van der Waals surface area contributed by atoms with Crippen LogP contribution in [0.15, 0.2) is 48.2 Å². The Morgan fingerprint density at radius 3 is 2.60 bits per heavy atom. The maximum Gasteiger partial charge on any atom is 0.494 e. The number of hydrogen-bond donors (Lipinski definition) is 1. The third kappa shape index (κ3) is 3.77. The van der Waals surface area contributed by atoms with Crippen LogP contribution in [0.5, 0.6) is 11.5 Å². The molecule has 2 aliphatic heterocycles. The monoisotopic (exact) mass is 514 g/mol. The summed E-state index contributed by atoms with van der Waals surface area (Å²) < 4.78 is 9.85. The van der Waals surface area contributed by atoms with E-state index < -0.39 is 0 Å². The fourth-order valence-corrected chi connectivity index (χ4v) is 2.59. The summed E-state index contributed by atoms with van der Waals surface area (Å²) in [5, 5.41) is 8.36. The molecule has 0 fully saturated rings. The molecule has 6 heteroatoms. The molecule has 0 atom stereocenters. The molecular weight excluding hydrogens is 496 g/mol. The van der Waals surface area contributed by atoms with E-state index in [-0.39, 0.29) is 31.6 Å². The molecule has 0 aromatic heterocycles. The number of aliphatic hydroxyl groups is 1. The summed E-state index contributed by atoms with van der Waals surface area (Å²) in [5.41, 5.74) is 3.06. The van der Waals surface area contributed by atoms with Crippen molar-refractivity contribution < 1.29 is 39.3 Å². The van der Waals surface area contributed by atoms with E-state index in [1.54, 1.807) is 0 Å². The van der Waals surface area contributed by atoms with Gasteiger partial charge in [-0.2, -0.15) is 12.1 Å². The number of benzene rings is 2. The number of allylic oxidation sites excluding steroid dienone is 2. The second kappa shape index (κ2) is 7.58. The van der Waals surface area contributed by atoms with Gasteiger partial charge in [0.15, 0.2) is 24.3 Å². The van der Waals surface area contributed by atoms with Gasteiger partial charge in [-0.05, 0) is 19.9 Å². The van der Waals surface area contributed by atoms with E-state index >= 15 is 0 Å². The molecule has 1 N–H and O–H groups in total. The number of rotatable bonds is 1. The van der Waals surface area contributed by atoms with Crippen LogP contribution in [0.1, 0.15) is 13.8 Å². The second-order valence-electron chi connectivity index (χ2n) is 5.50. The smallest absolute Gasteiger partial charge is 0.494 e. The third-order valence-corrected chi connectivity index (χ3v) is 3.47. The van der Waals surface area contributed by atoms with Gasteiger partial charge in [0, 0.05) is 32.2 Å². The Balaban J connectivity index is 0.000000246. The summed E-state index contributed by atoms with van der Waals surface area (Å²) in [6, 6.07) is 18.3. The van der Waals surface area contributed by atoms with E-state index in [9.17, 15) is 4.79 Å². The number of aliphatic hydroxyl groups excluding tert-OH is 1. The third-order valence-electron chi connectivity index (χ3n) is 3.47. The average Bonchev–Trinajstić information content (AvgIpc) is 2.86. The molecule has 2 aromatic carbocycles. The van der Waals surface area contributed by atoms with Crippen molar-refractivity contribution in [3.05, 3.63) is 54.3 Å². The van der Waals surface area contributed by atoms with Crippen LogP contribution < -0.4 is 9.31 Å². The van der Waals surface area contributed by atoms with E-state index in [1.165, 1.54) is 19.9 Å². The Labute approximate surface area is 159 Å². The van der Waals surface area contributed by atoms with Gasteiger partial charge in [-0.3, -0.25) is 4.79 Å². The summed E-state index contributed by atoms with van der Waals surface area (Å²) in [6.07, 6.45) is 1.17. The van der Waals surface area contributed by atoms with Crippen LogP contribution in [0.4, 0.5) is 17.1 Å². The SMILES string of the molecule is CC(=O)/C=C(/C)O.C[N+]1=C=[N+]2c3[c-]cccc3Oc3cccc1c32.[Ir]. The number of para-hydroxylation sites is 2. The molecule has 2 aliphatic rings. The van der Waals surface area contributed by atoms with Crippen LogP contribution >= 0.6 is 0 Å². The molecule has 2 heterocycles. The fraction of sp³-hybridized carbons (Fsp3) is 0.158. The Morgan fingerprint density at radius 1 is 1.24 bits per heavy atom. The minimum atomic E-state index is -0.125. The van der Waals surface area contributed by atoms with Crippen LogP contribution in [0, 0.1) is 6.07 Å². The van der Waals surface area contributed by atoms with Gasteiger partial charge in [-0.15, -0.1) is 12.1 Å². The number of carbonyl (C=O) groups is 1. The van der Waals surface area contributed by atoms with Crippen molar-refractivity contribution in [3.63, 3.8) is 0 Å². The van der Waals surface area contributed by atoms with Gasteiger partial charge in [-0.1, -0.05) is 15.2 Å². The zero-order chi connectivity index (χ0) is 17.3. The molecule has 1 radical (unpaired) electrons. The number of carbonyl (C=O) groups excluding carboxylic acids is 1. The first-order chi connectivity index (χ1) is 11.5. The van der Waals surface area contributed by atoms with Crippen molar-refractivity contribution in [3.8, 4) is 11.5 Å². The molecule has 4 rings (SSSR count). The predicted molar refractivity (Wildman–Crippen MR) is 91.2 cm³/mol. The molecule has 0 aliphatic carbocycles. The summed E-state index contributed by atoms with van der Waals surface area (Å²) >= 11 is 0. The van der Waals surface area contributed by atoms with Gasteiger partial charge in [0.25, 0.3) is 5.69 Å². The summed E-state index contributed by atoms with van der Waals surface area (Å²) in [4.78, 5) is 10.0. The number of ether oxygens (including phenoxy) is 1. The zero-order valence-corrected chi connectivity index (χ0v) is 16.4. The van der Waals surface area contributed by atoms with E-state index in [0.29, 0.717) is 0 Å². The molecule has 5 nitrogen and oxygen atoms in total. The van der Waals surface area contributed by atoms with Crippen molar-refractivity contribution in [2.24, 2.45) is 0 Å². The Kier molecular flexibility index (Phi) is 5.70. The molecule has 129 valence electrons. The van der Waals surface area contributed by atoms with Crippen LogP contribution in [0.2, 0.25) is 0 Å². The van der Waals surface area contributed by atoms with Crippen LogP contribution in [0.3, 0.4) is 0 Å². The number of nitrogens with zero attached hydrogens (tertiary/aromatic N) is 2. The maximum absolute atomic E-state index is 10.0. The minimum Gasteiger partial charge on any atom is -0.512 e. The Morgan fingerprint density at radius 2 is 1.96 bits per heavy atom. The minimum absolute atomic E-state index is 0. The topological polar surface area (TPSA) is 52.5 Å². The van der Waals surface area contributed by atoms with E-state index in [1.807, 2.05) is 46.5 Å². The maximum atomic E-state index is 10.0. The number of fused-ring (bicyclic) bond motifs is 2. The summed E-state index contributed by atoms with van der Waals surface area (Å²) in [7, 11) is 1.98. The predicted octanol–water partition coefficient (Wildman–Crippen LogP) is 3.92. The van der Waals surface area contributed by atoms with Gasteiger partial charge < -0.3 is 9.84 Å². The van der Waals surface area contributed by atoms with E-state index in [0.717, 1.165) is 28.6 Å². The number of hydrogen-bond acceptors (Lipinski definition) is 3. The molecule has 0 saturated carbocycles. The first-order valence-corrected chi connectivity index (χ1v) is 7.47. The summed E-state index contributed by atoms with van der Waals surface area (Å²) in [5.74, 6) is 1.62. The summed E-state index contributed by atoms with van der Waals surface area (Å²) in [6.45, 7) is 2.85. The molecule has 0 spiro atoms. The van der Waals surface area contributed by atoms with Gasteiger partial charge in [0.2, 0.25) is 0 Å². The van der Waals surface area contributed by atoms with Gasteiger partial charge >= 0.3 is 11.7 Å². The van der Waals surface area contributed by atoms with Crippen LogP contribution in [-0.4, -0.2) is 28.5 Å². The van der Waals surface area contributed by atoms with Gasteiger partial charge in [-0.25, -0.2) is 0 Å². The van der Waals surface area contributed by atoms with Crippen LogP contribution in [0.25, 0.3) is 0 Å². The van der Waals surface area contributed by atoms with E-state index in [2.05, 4.69) is 18.1 Å². The number of ketones is 1. The molecule has 2 aromatic rings. The zero-order valence-electron chi connectivity index (χ0n) is 14.0. The Bertz CT molecular complexity index is 937. The Hall–Kier alpha value is -2.52. The van der Waals surface area contributed by atoms with Crippen molar-refractivity contribution in [1.82, 2.24) is 4.58 Å². The van der Waals surface area contributed by atoms with E-state index in [4.69, 9.17) is 9.84 Å². The van der Waals surface area contributed by atoms with Crippen molar-refractivity contribution in [1.29, 1.82) is 0 Å². The van der Waals surface area contributed by atoms with Gasteiger partial charge in [0.05, 0.1) is 11.5 Å². The van der Waals surface area contributed by atoms with Crippen molar-refractivity contribution >= 4 is 28.9 Å². The van der Waals surface area contributed by atoms with Gasteiger partial charge in [0.1, 0.15) is 0 Å². The normalized spacial score (nSPS) is 13.0. The largest absolute Gasteiger partial charge is 0.512 e. The molecular formula is C19H17IrN2O3+. The quantitative estimate of drug-likeness (QED) is 0.232. The van der Waals surface area contributed by atoms with Crippen molar-refractivity contribution in [2.75, 3.05) is 7.05 Å².